The molecule has 3 rings (SSSR count). The summed E-state index contributed by atoms with van der Waals surface area (Å²) in [5.74, 6) is -0.650. The van der Waals surface area contributed by atoms with Crippen molar-refractivity contribution in [3.8, 4) is 0 Å². The van der Waals surface area contributed by atoms with E-state index >= 15 is 0 Å². The Kier molecular flexibility index (Phi) is 4.46. The van der Waals surface area contributed by atoms with Crippen LogP contribution < -0.4 is 5.32 Å². The van der Waals surface area contributed by atoms with Crippen molar-refractivity contribution >= 4 is 54.4 Å². The fourth-order valence-corrected chi connectivity index (χ4v) is 3.01. The molecule has 0 aliphatic rings. The van der Waals surface area contributed by atoms with E-state index < -0.39 is 0 Å². The van der Waals surface area contributed by atoms with Crippen molar-refractivity contribution < 1.29 is 9.18 Å². The summed E-state index contributed by atoms with van der Waals surface area (Å²) in [6, 6.07) is 11.4. The number of hydrogen-bond donors (Lipinski definition) is 1. The van der Waals surface area contributed by atoms with Crippen LogP contribution in [0.2, 0.25) is 0 Å². The molecule has 0 saturated heterocycles. The van der Waals surface area contributed by atoms with Crippen LogP contribution in [0, 0.1) is 12.7 Å². The van der Waals surface area contributed by atoms with Crippen LogP contribution in [0.1, 0.15) is 16.1 Å². The monoisotopic (exact) mass is 436 g/mol. The molecule has 1 N–H and O–H groups in total. The van der Waals surface area contributed by atoms with Gasteiger partial charge in [-0.3, -0.25) is 9.78 Å². The topological polar surface area (TPSA) is 42.0 Å². The molecule has 3 nitrogen and oxygen atoms in total. The largest absolute Gasteiger partial charge is 0.321 e. The molecule has 0 radical (unpaired) electrons. The van der Waals surface area contributed by atoms with Crippen LogP contribution in [0.4, 0.5) is 10.1 Å². The molecule has 2 aromatic carbocycles. The Hall–Kier alpha value is -1.79. The molecule has 0 bridgehead atoms. The Bertz CT molecular complexity index is 923. The van der Waals surface area contributed by atoms with Gasteiger partial charge in [-0.2, -0.15) is 0 Å². The number of pyridine rings is 1. The average Bonchev–Trinajstić information content (AvgIpc) is 2.49. The molecule has 1 amide bonds. The van der Waals surface area contributed by atoms with Crippen LogP contribution in [-0.4, -0.2) is 10.9 Å². The Balaban J connectivity index is 2.05. The summed E-state index contributed by atoms with van der Waals surface area (Å²) >= 11 is 6.79. The van der Waals surface area contributed by atoms with E-state index in [2.05, 4.69) is 42.2 Å². The summed E-state index contributed by atoms with van der Waals surface area (Å²) in [4.78, 5) is 16.9. The maximum absolute atomic E-state index is 13.4. The van der Waals surface area contributed by atoms with Gasteiger partial charge in [0.05, 0.1) is 16.8 Å². The quantitative estimate of drug-likeness (QED) is 0.578. The van der Waals surface area contributed by atoms with Crippen LogP contribution in [0.15, 0.2) is 51.4 Å². The van der Waals surface area contributed by atoms with Crippen molar-refractivity contribution in [2.45, 2.75) is 6.92 Å². The normalized spacial score (nSPS) is 10.8. The van der Waals surface area contributed by atoms with Crippen molar-refractivity contribution in [1.82, 2.24) is 4.98 Å². The van der Waals surface area contributed by atoms with Gasteiger partial charge in [-0.15, -0.1) is 0 Å². The number of carbonyl (C=O) groups excluding carboxylic acids is 1. The highest BCUT2D eigenvalue weighted by Gasteiger charge is 2.14. The summed E-state index contributed by atoms with van der Waals surface area (Å²) < 4.78 is 15.0. The molecule has 1 heterocycles. The number of aromatic nitrogens is 1. The van der Waals surface area contributed by atoms with E-state index in [-0.39, 0.29) is 11.7 Å². The number of aryl methyl sites for hydroxylation is 1. The van der Waals surface area contributed by atoms with E-state index in [1.165, 1.54) is 12.1 Å². The second kappa shape index (κ2) is 6.37. The van der Waals surface area contributed by atoms with E-state index in [4.69, 9.17) is 0 Å². The minimum absolute atomic E-state index is 0.272. The summed E-state index contributed by atoms with van der Waals surface area (Å²) in [5, 5.41) is 3.48. The summed E-state index contributed by atoms with van der Waals surface area (Å²) in [5.41, 5.74) is 2.22. The molecule has 0 fully saturated rings. The van der Waals surface area contributed by atoms with Crippen LogP contribution in [-0.2, 0) is 0 Å². The number of rotatable bonds is 2. The SMILES string of the molecule is Cc1cc(C(=O)Nc2cc(Br)ccc2Br)c2ccc(F)cc2n1. The number of halogens is 3. The molecule has 1 aromatic heterocycles. The lowest BCUT2D eigenvalue weighted by molar-refractivity contribution is 0.102. The Labute approximate surface area is 149 Å². The summed E-state index contributed by atoms with van der Waals surface area (Å²) in [6.07, 6.45) is 0. The van der Waals surface area contributed by atoms with Crippen molar-refractivity contribution in [2.24, 2.45) is 0 Å². The van der Waals surface area contributed by atoms with Crippen molar-refractivity contribution in [3.05, 3.63) is 68.5 Å². The highest BCUT2D eigenvalue weighted by atomic mass is 79.9. The van der Waals surface area contributed by atoms with Gasteiger partial charge in [0.1, 0.15) is 5.82 Å². The third-order valence-corrected chi connectivity index (χ3v) is 4.51. The Morgan fingerprint density at radius 1 is 1.13 bits per heavy atom. The summed E-state index contributed by atoms with van der Waals surface area (Å²) in [7, 11) is 0. The van der Waals surface area contributed by atoms with Crippen LogP contribution in [0.3, 0.4) is 0 Å². The molecule has 3 aromatic rings. The second-order valence-corrected chi connectivity index (χ2v) is 6.82. The zero-order valence-electron chi connectivity index (χ0n) is 12.0. The van der Waals surface area contributed by atoms with Crippen LogP contribution >= 0.6 is 31.9 Å². The average molecular weight is 438 g/mol. The molecule has 6 heteroatoms. The van der Waals surface area contributed by atoms with E-state index in [1.807, 2.05) is 12.1 Å². The Morgan fingerprint density at radius 2 is 1.91 bits per heavy atom. The van der Waals surface area contributed by atoms with Gasteiger partial charge >= 0.3 is 0 Å². The van der Waals surface area contributed by atoms with Gasteiger partial charge in [-0.05, 0) is 59.3 Å². The predicted molar refractivity (Wildman–Crippen MR) is 96.2 cm³/mol. The van der Waals surface area contributed by atoms with Gasteiger partial charge in [-0.1, -0.05) is 15.9 Å². The van der Waals surface area contributed by atoms with E-state index in [1.54, 1.807) is 25.1 Å². The first-order valence-electron chi connectivity index (χ1n) is 6.77. The zero-order chi connectivity index (χ0) is 16.6. The third-order valence-electron chi connectivity index (χ3n) is 3.32. The van der Waals surface area contributed by atoms with Gasteiger partial charge in [0.2, 0.25) is 0 Å². The van der Waals surface area contributed by atoms with Gasteiger partial charge in [0.25, 0.3) is 5.91 Å². The molecule has 0 aliphatic heterocycles. The maximum atomic E-state index is 13.4. The molecule has 0 unspecified atom stereocenters. The number of nitrogens with one attached hydrogen (secondary N) is 1. The third kappa shape index (κ3) is 3.43. The fraction of sp³-hybridized carbons (Fsp3) is 0.0588. The Morgan fingerprint density at radius 3 is 2.70 bits per heavy atom. The van der Waals surface area contributed by atoms with E-state index in [0.29, 0.717) is 27.8 Å². The fourth-order valence-electron chi connectivity index (χ4n) is 2.30. The zero-order valence-corrected chi connectivity index (χ0v) is 15.2. The van der Waals surface area contributed by atoms with Crippen LogP contribution in [0.5, 0.6) is 0 Å². The van der Waals surface area contributed by atoms with Crippen LogP contribution in [0.25, 0.3) is 10.9 Å². The summed E-state index contributed by atoms with van der Waals surface area (Å²) in [6.45, 7) is 1.77. The van der Waals surface area contributed by atoms with E-state index in [9.17, 15) is 9.18 Å². The van der Waals surface area contributed by atoms with Gasteiger partial charge in [-0.25, -0.2) is 4.39 Å². The molecule has 0 atom stereocenters. The number of nitrogens with zero attached hydrogens (tertiary/aromatic N) is 1. The van der Waals surface area contributed by atoms with E-state index in [0.717, 1.165) is 8.95 Å². The smallest absolute Gasteiger partial charge is 0.256 e. The number of benzene rings is 2. The van der Waals surface area contributed by atoms with Crippen molar-refractivity contribution in [3.63, 3.8) is 0 Å². The molecule has 116 valence electrons. The molecule has 0 saturated carbocycles. The first kappa shape index (κ1) is 16.1. The highest BCUT2D eigenvalue weighted by Crippen LogP contribution is 2.27. The van der Waals surface area contributed by atoms with Crippen molar-refractivity contribution in [2.75, 3.05) is 5.32 Å². The number of hydrogen-bond acceptors (Lipinski definition) is 2. The minimum Gasteiger partial charge on any atom is -0.321 e. The molecular formula is C17H11Br2FN2O. The van der Waals surface area contributed by atoms with Gasteiger partial charge in [0, 0.05) is 26.1 Å². The first-order valence-corrected chi connectivity index (χ1v) is 8.36. The standard InChI is InChI=1S/C17H11Br2FN2O/c1-9-6-13(12-4-3-11(20)8-15(12)21-9)17(23)22-16-7-10(18)2-5-14(16)19/h2-8H,1H3,(H,22,23). The van der Waals surface area contributed by atoms with Crippen molar-refractivity contribution in [1.29, 1.82) is 0 Å². The van der Waals surface area contributed by atoms with Gasteiger partial charge in [0.15, 0.2) is 0 Å². The molecular weight excluding hydrogens is 427 g/mol. The molecule has 0 aliphatic carbocycles. The lowest BCUT2D eigenvalue weighted by atomic mass is 10.1. The van der Waals surface area contributed by atoms with Gasteiger partial charge < -0.3 is 5.32 Å². The highest BCUT2D eigenvalue weighted by molar-refractivity contribution is 9.11. The predicted octanol–water partition coefficient (Wildman–Crippen LogP) is 5.46. The number of carbonyl (C=O) groups is 1. The number of anilines is 1. The molecule has 23 heavy (non-hydrogen) atoms. The molecule has 0 spiro atoms. The second-order valence-electron chi connectivity index (χ2n) is 5.05. The number of amides is 1. The first-order chi connectivity index (χ1) is 10.9. The number of fused-ring (bicyclic) bond motifs is 1. The lowest BCUT2D eigenvalue weighted by Gasteiger charge is -2.11. The lowest BCUT2D eigenvalue weighted by Crippen LogP contribution is -2.13. The maximum Gasteiger partial charge on any atom is 0.256 e. The minimum atomic E-state index is -0.378.